The maximum absolute atomic E-state index is 6.05. The first-order chi connectivity index (χ1) is 9.81. The van der Waals surface area contributed by atoms with Crippen LogP contribution >= 0.6 is 0 Å². The summed E-state index contributed by atoms with van der Waals surface area (Å²) in [5.74, 6) is 1.10. The van der Waals surface area contributed by atoms with E-state index in [-0.39, 0.29) is 0 Å². The van der Waals surface area contributed by atoms with Gasteiger partial charge in [-0.05, 0) is 31.4 Å². The van der Waals surface area contributed by atoms with Crippen molar-refractivity contribution in [3.63, 3.8) is 0 Å². The van der Waals surface area contributed by atoms with Crippen molar-refractivity contribution >= 4 is 0 Å². The van der Waals surface area contributed by atoms with E-state index < -0.39 is 0 Å². The summed E-state index contributed by atoms with van der Waals surface area (Å²) in [7, 11) is 0. The first-order valence-electron chi connectivity index (χ1n) is 8.31. The molecule has 20 heavy (non-hydrogen) atoms. The summed E-state index contributed by atoms with van der Waals surface area (Å²) in [6.45, 7) is 3.15. The number of nitrogens with one attached hydrogen (secondary N) is 1. The van der Waals surface area contributed by atoms with Crippen molar-refractivity contribution in [1.29, 1.82) is 0 Å². The zero-order valence-electron chi connectivity index (χ0n) is 12.7. The van der Waals surface area contributed by atoms with Crippen LogP contribution in [-0.2, 0) is 6.42 Å². The Morgan fingerprint density at radius 2 is 1.85 bits per heavy atom. The maximum atomic E-state index is 6.05. The standard InChI is InChI=1S/C18H27NO/c1-14-9-10-18-15(11-14)12-17(20-18)13-19-16-7-5-3-2-4-6-8-16/h9-11,16-17,19H,2-8,12-13H2,1H3. The van der Waals surface area contributed by atoms with Gasteiger partial charge in [0.25, 0.3) is 0 Å². The second kappa shape index (κ2) is 6.62. The molecule has 0 saturated heterocycles. The highest BCUT2D eigenvalue weighted by atomic mass is 16.5. The Hall–Kier alpha value is -1.02. The van der Waals surface area contributed by atoms with Crippen LogP contribution in [0, 0.1) is 6.92 Å². The van der Waals surface area contributed by atoms with E-state index in [1.807, 2.05) is 0 Å². The van der Waals surface area contributed by atoms with Crippen molar-refractivity contribution < 1.29 is 4.74 Å². The van der Waals surface area contributed by atoms with Crippen molar-refractivity contribution in [2.24, 2.45) is 0 Å². The van der Waals surface area contributed by atoms with Crippen molar-refractivity contribution in [3.05, 3.63) is 29.3 Å². The van der Waals surface area contributed by atoms with Crippen molar-refractivity contribution in [2.45, 2.75) is 70.4 Å². The van der Waals surface area contributed by atoms with Gasteiger partial charge >= 0.3 is 0 Å². The first kappa shape index (κ1) is 13.9. The van der Waals surface area contributed by atoms with Crippen LogP contribution in [0.15, 0.2) is 18.2 Å². The van der Waals surface area contributed by atoms with Gasteiger partial charge in [0.1, 0.15) is 11.9 Å². The fourth-order valence-electron chi connectivity index (χ4n) is 3.52. The monoisotopic (exact) mass is 273 g/mol. The molecule has 1 fully saturated rings. The minimum Gasteiger partial charge on any atom is -0.488 e. The van der Waals surface area contributed by atoms with Crippen LogP contribution in [0.4, 0.5) is 0 Å². The molecule has 110 valence electrons. The molecule has 0 spiro atoms. The average molecular weight is 273 g/mol. The Balaban J connectivity index is 1.48. The minimum absolute atomic E-state index is 0.331. The average Bonchev–Trinajstić information content (AvgIpc) is 2.79. The van der Waals surface area contributed by atoms with Crippen LogP contribution in [0.25, 0.3) is 0 Å². The fourth-order valence-corrected chi connectivity index (χ4v) is 3.52. The van der Waals surface area contributed by atoms with E-state index in [0.717, 1.165) is 18.7 Å². The molecule has 1 N–H and O–H groups in total. The molecule has 0 bridgehead atoms. The lowest BCUT2D eigenvalue weighted by Crippen LogP contribution is -2.37. The van der Waals surface area contributed by atoms with Gasteiger partial charge in [-0.15, -0.1) is 0 Å². The van der Waals surface area contributed by atoms with Gasteiger partial charge in [0.2, 0.25) is 0 Å². The van der Waals surface area contributed by atoms with Crippen molar-refractivity contribution in [2.75, 3.05) is 6.54 Å². The molecule has 1 aromatic carbocycles. The smallest absolute Gasteiger partial charge is 0.123 e. The van der Waals surface area contributed by atoms with Gasteiger partial charge in [0, 0.05) is 19.0 Å². The topological polar surface area (TPSA) is 21.3 Å². The molecule has 1 aliphatic carbocycles. The molecule has 1 aromatic rings. The molecule has 0 aromatic heterocycles. The SMILES string of the molecule is Cc1ccc2c(c1)CC(CNC1CCCCCCC1)O2. The third kappa shape index (κ3) is 3.54. The third-order valence-electron chi connectivity index (χ3n) is 4.70. The van der Waals surface area contributed by atoms with Crippen LogP contribution in [0.2, 0.25) is 0 Å². The van der Waals surface area contributed by atoms with E-state index in [1.54, 1.807) is 0 Å². The molecular weight excluding hydrogens is 246 g/mol. The Kier molecular flexibility index (Phi) is 4.62. The third-order valence-corrected chi connectivity index (χ3v) is 4.70. The van der Waals surface area contributed by atoms with Gasteiger partial charge in [0.15, 0.2) is 0 Å². The molecule has 1 saturated carbocycles. The number of rotatable bonds is 3. The molecule has 1 aliphatic heterocycles. The molecule has 1 atom stereocenters. The predicted molar refractivity (Wildman–Crippen MR) is 83.4 cm³/mol. The van der Waals surface area contributed by atoms with Gasteiger partial charge in [-0.2, -0.15) is 0 Å². The Bertz CT molecular complexity index is 435. The van der Waals surface area contributed by atoms with Crippen molar-refractivity contribution in [3.8, 4) is 5.75 Å². The zero-order chi connectivity index (χ0) is 13.8. The van der Waals surface area contributed by atoms with Gasteiger partial charge < -0.3 is 10.1 Å². The van der Waals surface area contributed by atoms with Gasteiger partial charge in [-0.3, -0.25) is 0 Å². The molecular formula is C18H27NO. The van der Waals surface area contributed by atoms with Crippen molar-refractivity contribution in [1.82, 2.24) is 5.32 Å². The highest BCUT2D eigenvalue weighted by Gasteiger charge is 2.23. The molecule has 1 heterocycles. The summed E-state index contributed by atoms with van der Waals surface area (Å²) in [5, 5.41) is 3.76. The van der Waals surface area contributed by atoms with E-state index >= 15 is 0 Å². The molecule has 2 heteroatoms. The van der Waals surface area contributed by atoms with E-state index in [2.05, 4.69) is 30.4 Å². The normalized spacial score (nSPS) is 23.8. The highest BCUT2D eigenvalue weighted by molar-refractivity contribution is 5.40. The van der Waals surface area contributed by atoms with E-state index in [9.17, 15) is 0 Å². The summed E-state index contributed by atoms with van der Waals surface area (Å²) < 4.78 is 6.05. The quantitative estimate of drug-likeness (QED) is 0.898. The number of fused-ring (bicyclic) bond motifs is 1. The number of hydrogen-bond acceptors (Lipinski definition) is 2. The Morgan fingerprint density at radius 1 is 1.10 bits per heavy atom. The van der Waals surface area contributed by atoms with Crippen LogP contribution in [0.1, 0.15) is 56.1 Å². The zero-order valence-corrected chi connectivity index (χ0v) is 12.7. The predicted octanol–water partition coefficient (Wildman–Crippen LogP) is 4.00. The van der Waals surface area contributed by atoms with Gasteiger partial charge in [-0.25, -0.2) is 0 Å². The van der Waals surface area contributed by atoms with Crippen LogP contribution < -0.4 is 10.1 Å². The maximum Gasteiger partial charge on any atom is 0.123 e. The number of aryl methyl sites for hydroxylation is 1. The van der Waals surface area contributed by atoms with Crippen LogP contribution in [-0.4, -0.2) is 18.7 Å². The second-order valence-corrected chi connectivity index (χ2v) is 6.51. The largest absolute Gasteiger partial charge is 0.488 e. The van der Waals surface area contributed by atoms with E-state index in [1.165, 1.54) is 56.1 Å². The van der Waals surface area contributed by atoms with E-state index in [0.29, 0.717) is 12.1 Å². The fraction of sp³-hybridized carbons (Fsp3) is 0.667. The highest BCUT2D eigenvalue weighted by Crippen LogP contribution is 2.29. The summed E-state index contributed by atoms with van der Waals surface area (Å²) in [4.78, 5) is 0. The Labute approximate surface area is 122 Å². The lowest BCUT2D eigenvalue weighted by molar-refractivity contribution is 0.216. The lowest BCUT2D eigenvalue weighted by Gasteiger charge is -2.22. The summed E-state index contributed by atoms with van der Waals surface area (Å²) >= 11 is 0. The van der Waals surface area contributed by atoms with Crippen LogP contribution in [0.3, 0.4) is 0 Å². The summed E-state index contributed by atoms with van der Waals surface area (Å²) in [5.41, 5.74) is 2.72. The summed E-state index contributed by atoms with van der Waals surface area (Å²) in [6.07, 6.45) is 11.1. The summed E-state index contributed by atoms with van der Waals surface area (Å²) in [6, 6.07) is 7.25. The first-order valence-corrected chi connectivity index (χ1v) is 8.31. The minimum atomic E-state index is 0.331. The molecule has 2 nitrogen and oxygen atoms in total. The second-order valence-electron chi connectivity index (χ2n) is 6.51. The number of hydrogen-bond donors (Lipinski definition) is 1. The molecule has 0 radical (unpaired) electrons. The molecule has 1 unspecified atom stereocenters. The lowest BCUT2D eigenvalue weighted by atomic mass is 9.96. The molecule has 0 amide bonds. The van der Waals surface area contributed by atoms with Gasteiger partial charge in [-0.1, -0.05) is 49.8 Å². The van der Waals surface area contributed by atoms with Crippen LogP contribution in [0.5, 0.6) is 5.75 Å². The molecule has 2 aliphatic rings. The Morgan fingerprint density at radius 3 is 2.65 bits per heavy atom. The molecule has 3 rings (SSSR count). The van der Waals surface area contributed by atoms with Gasteiger partial charge in [0.05, 0.1) is 0 Å². The number of ether oxygens (including phenoxy) is 1. The number of benzene rings is 1. The van der Waals surface area contributed by atoms with E-state index in [4.69, 9.17) is 4.74 Å².